The van der Waals surface area contributed by atoms with Crippen LogP contribution < -0.4 is 8.37 Å². The molecule has 0 radical (unpaired) electrons. The molecule has 0 aromatic heterocycles. The van der Waals surface area contributed by atoms with E-state index in [-0.39, 0.29) is 0 Å². The first-order valence-electron chi connectivity index (χ1n) is 15.6. The summed E-state index contributed by atoms with van der Waals surface area (Å²) in [5.41, 5.74) is -10.9. The Morgan fingerprint density at radius 3 is 1.21 bits per heavy atom. The number of unbranched alkanes of at least 4 members (excludes halogenated alkanes) is 6. The summed E-state index contributed by atoms with van der Waals surface area (Å²) < 4.78 is 139. The van der Waals surface area contributed by atoms with E-state index in [2.05, 4.69) is 22.2 Å². The summed E-state index contributed by atoms with van der Waals surface area (Å²) in [5, 5.41) is 1.37. The number of aryl methyl sites for hydroxylation is 2. The molecule has 0 unspecified atom stereocenters. The fourth-order valence-electron chi connectivity index (χ4n) is 5.37. The lowest BCUT2D eigenvalue weighted by Gasteiger charge is -2.18. The van der Waals surface area contributed by atoms with Gasteiger partial charge < -0.3 is 8.37 Å². The largest absolute Gasteiger partial charge is 0.534 e. The molecular weight excluding hydrogens is 682 g/mol. The number of alkyl halides is 6. The van der Waals surface area contributed by atoms with E-state index in [9.17, 15) is 43.2 Å². The molecule has 262 valence electrons. The molecule has 0 spiro atoms. The van der Waals surface area contributed by atoms with E-state index >= 15 is 0 Å². The SMILES string of the molecule is CCCCCCc1ccc2cc(-c3cc4ccc(CCCCCC)cc4cc3OS(=O)(=O)C(F)(F)F)c(OS(=O)(=O)C(F)(F)F)cc2c1. The van der Waals surface area contributed by atoms with Crippen LogP contribution >= 0.6 is 0 Å². The maximum absolute atomic E-state index is 13.5. The summed E-state index contributed by atoms with van der Waals surface area (Å²) in [4.78, 5) is 0. The Kier molecular flexibility index (Phi) is 11.6. The van der Waals surface area contributed by atoms with Crippen LogP contribution in [-0.2, 0) is 33.1 Å². The average Bonchev–Trinajstić information content (AvgIpc) is 2.99. The first-order chi connectivity index (χ1) is 22.5. The van der Waals surface area contributed by atoms with Crippen LogP contribution in [0.2, 0.25) is 0 Å². The van der Waals surface area contributed by atoms with E-state index < -0.39 is 53.9 Å². The van der Waals surface area contributed by atoms with Gasteiger partial charge in [-0.15, -0.1) is 0 Å². The minimum Gasteiger partial charge on any atom is -0.375 e. The lowest BCUT2D eigenvalue weighted by molar-refractivity contribution is -0.0505. The highest BCUT2D eigenvalue weighted by Gasteiger charge is 2.50. The number of hydrogen-bond donors (Lipinski definition) is 0. The van der Waals surface area contributed by atoms with Gasteiger partial charge >= 0.3 is 31.3 Å². The van der Waals surface area contributed by atoms with E-state index in [1.807, 2.05) is 0 Å². The van der Waals surface area contributed by atoms with Gasteiger partial charge in [0.15, 0.2) is 11.5 Å². The van der Waals surface area contributed by atoms with Gasteiger partial charge in [-0.25, -0.2) is 0 Å². The fraction of sp³-hybridized carbons (Fsp3) is 0.412. The molecule has 0 saturated heterocycles. The van der Waals surface area contributed by atoms with E-state index in [0.717, 1.165) is 74.6 Å². The van der Waals surface area contributed by atoms with Crippen molar-refractivity contribution in [2.45, 2.75) is 89.1 Å². The van der Waals surface area contributed by atoms with Crippen LogP contribution in [0.5, 0.6) is 11.5 Å². The molecule has 0 aliphatic carbocycles. The van der Waals surface area contributed by atoms with Crippen LogP contribution in [-0.4, -0.2) is 27.9 Å². The summed E-state index contributed by atoms with van der Waals surface area (Å²) in [6, 6.07) is 14.7. The van der Waals surface area contributed by atoms with Crippen molar-refractivity contribution in [1.82, 2.24) is 0 Å². The van der Waals surface area contributed by atoms with Gasteiger partial charge in [0, 0.05) is 11.1 Å². The zero-order valence-electron chi connectivity index (χ0n) is 26.4. The molecule has 6 nitrogen and oxygen atoms in total. The van der Waals surface area contributed by atoms with Crippen molar-refractivity contribution in [1.29, 1.82) is 0 Å². The molecule has 0 heterocycles. The highest BCUT2D eigenvalue weighted by Crippen LogP contribution is 2.44. The highest BCUT2D eigenvalue weighted by molar-refractivity contribution is 7.88. The Labute approximate surface area is 276 Å². The van der Waals surface area contributed by atoms with Crippen molar-refractivity contribution in [2.75, 3.05) is 0 Å². The predicted molar refractivity (Wildman–Crippen MR) is 174 cm³/mol. The number of halogens is 6. The van der Waals surface area contributed by atoms with Crippen LogP contribution in [0.15, 0.2) is 60.7 Å². The Bertz CT molecular complexity index is 1830. The molecule has 0 aliphatic heterocycles. The third kappa shape index (κ3) is 8.93. The Hall–Kier alpha value is -3.52. The summed E-state index contributed by atoms with van der Waals surface area (Å²) >= 11 is 0. The van der Waals surface area contributed by atoms with Crippen LogP contribution in [0.4, 0.5) is 26.3 Å². The molecular formula is C34H36F6O6S2. The molecule has 0 bridgehead atoms. The molecule has 4 rings (SSSR count). The molecule has 0 atom stereocenters. The van der Waals surface area contributed by atoms with Crippen molar-refractivity contribution >= 4 is 41.8 Å². The van der Waals surface area contributed by atoms with E-state index in [1.165, 1.54) is 12.1 Å². The zero-order valence-corrected chi connectivity index (χ0v) is 28.0. The van der Waals surface area contributed by atoms with Gasteiger partial charge in [-0.1, -0.05) is 88.8 Å². The number of hydrogen-bond acceptors (Lipinski definition) is 6. The molecule has 4 aromatic carbocycles. The summed E-state index contributed by atoms with van der Waals surface area (Å²) in [6.07, 6.45) is 8.95. The van der Waals surface area contributed by atoms with Gasteiger partial charge in [-0.2, -0.15) is 43.2 Å². The van der Waals surface area contributed by atoms with E-state index in [0.29, 0.717) is 34.4 Å². The topological polar surface area (TPSA) is 86.7 Å². The van der Waals surface area contributed by atoms with Crippen LogP contribution in [0.1, 0.15) is 76.3 Å². The predicted octanol–water partition coefficient (Wildman–Crippen LogP) is 10.4. The number of benzene rings is 4. The Balaban J connectivity index is 1.93. The molecule has 0 amide bonds. The van der Waals surface area contributed by atoms with Gasteiger partial charge in [-0.3, -0.25) is 0 Å². The van der Waals surface area contributed by atoms with Crippen molar-refractivity contribution in [3.63, 3.8) is 0 Å². The normalized spacial score (nSPS) is 12.9. The molecule has 0 fully saturated rings. The lowest BCUT2D eigenvalue weighted by Crippen LogP contribution is -2.28. The molecule has 0 saturated carbocycles. The van der Waals surface area contributed by atoms with E-state index in [4.69, 9.17) is 0 Å². The van der Waals surface area contributed by atoms with Crippen molar-refractivity contribution < 1.29 is 51.5 Å². The molecule has 4 aromatic rings. The van der Waals surface area contributed by atoms with Crippen LogP contribution in [0.3, 0.4) is 0 Å². The maximum Gasteiger partial charge on any atom is 0.534 e. The van der Waals surface area contributed by atoms with Gasteiger partial charge in [0.25, 0.3) is 0 Å². The second-order valence-electron chi connectivity index (χ2n) is 11.6. The zero-order chi connectivity index (χ0) is 35.3. The van der Waals surface area contributed by atoms with Gasteiger partial charge in [0.05, 0.1) is 0 Å². The third-order valence-corrected chi connectivity index (χ3v) is 9.83. The minimum atomic E-state index is -6.25. The van der Waals surface area contributed by atoms with Gasteiger partial charge in [-0.05, 0) is 82.6 Å². The first-order valence-corrected chi connectivity index (χ1v) is 18.4. The molecule has 0 N–H and O–H groups in total. The quantitative estimate of drug-likeness (QED) is 0.0526. The van der Waals surface area contributed by atoms with Crippen LogP contribution in [0, 0.1) is 0 Å². The minimum absolute atomic E-state index is 0.304. The second-order valence-corrected chi connectivity index (χ2v) is 14.7. The standard InChI is InChI=1S/C34H36F6O6S2/c1-3-5-7-9-11-23-13-15-25-19-29(31(21-27(25)17-23)45-47(41,42)33(35,36)37)30-20-26-16-14-24(12-10-8-6-4-2)18-28(26)22-32(30)46-48(43,44)34(38,39)40/h13-22H,3-12H2,1-2H3. The molecule has 14 heteroatoms. The summed E-state index contributed by atoms with van der Waals surface area (Å²) in [6.45, 7) is 4.11. The third-order valence-electron chi connectivity index (χ3n) is 7.90. The summed E-state index contributed by atoms with van der Waals surface area (Å²) in [7, 11) is -12.5. The van der Waals surface area contributed by atoms with Crippen molar-refractivity contribution in [2.24, 2.45) is 0 Å². The number of rotatable bonds is 15. The maximum atomic E-state index is 13.5. The van der Waals surface area contributed by atoms with Crippen molar-refractivity contribution in [3.8, 4) is 22.6 Å². The van der Waals surface area contributed by atoms with Gasteiger partial charge in [0.2, 0.25) is 0 Å². The van der Waals surface area contributed by atoms with E-state index in [1.54, 1.807) is 36.4 Å². The molecule has 0 aliphatic rings. The smallest absolute Gasteiger partial charge is 0.375 e. The Morgan fingerprint density at radius 2 is 0.875 bits per heavy atom. The lowest BCUT2D eigenvalue weighted by atomic mass is 9.94. The first kappa shape index (κ1) is 37.3. The van der Waals surface area contributed by atoms with Crippen molar-refractivity contribution in [3.05, 3.63) is 71.8 Å². The fourth-order valence-corrected chi connectivity index (χ4v) is 6.30. The Morgan fingerprint density at radius 1 is 0.500 bits per heavy atom. The monoisotopic (exact) mass is 718 g/mol. The van der Waals surface area contributed by atoms with Gasteiger partial charge in [0.1, 0.15) is 0 Å². The summed E-state index contributed by atoms with van der Waals surface area (Å²) in [5.74, 6) is -1.74. The second kappa shape index (κ2) is 14.9. The molecule has 48 heavy (non-hydrogen) atoms. The average molecular weight is 719 g/mol. The number of fused-ring (bicyclic) bond motifs is 2. The highest BCUT2D eigenvalue weighted by atomic mass is 32.2. The van der Waals surface area contributed by atoms with Crippen LogP contribution in [0.25, 0.3) is 32.7 Å².